The molecule has 1 heterocycles. The molecule has 3 amide bonds. The summed E-state index contributed by atoms with van der Waals surface area (Å²) < 4.78 is 11.3. The van der Waals surface area contributed by atoms with E-state index in [9.17, 15) is 14.4 Å². The minimum Gasteiger partial charge on any atom is -0.480 e. The van der Waals surface area contributed by atoms with Gasteiger partial charge in [0.15, 0.2) is 6.10 Å². The first-order valence-corrected chi connectivity index (χ1v) is 9.93. The second-order valence-electron chi connectivity index (χ2n) is 7.68. The van der Waals surface area contributed by atoms with Crippen molar-refractivity contribution in [3.8, 4) is 5.75 Å². The van der Waals surface area contributed by atoms with E-state index < -0.39 is 23.7 Å². The summed E-state index contributed by atoms with van der Waals surface area (Å²) in [6, 6.07) is 4.20. The number of aryl methyl sites for hydroxylation is 2. The van der Waals surface area contributed by atoms with Crippen molar-refractivity contribution in [2.75, 3.05) is 0 Å². The average Bonchev–Trinajstić information content (AvgIpc) is 2.62. The van der Waals surface area contributed by atoms with Crippen molar-refractivity contribution in [3.05, 3.63) is 39.7 Å². The first-order chi connectivity index (χ1) is 13.6. The summed E-state index contributed by atoms with van der Waals surface area (Å²) in [5.74, 6) is -0.0101. The summed E-state index contributed by atoms with van der Waals surface area (Å²) in [5, 5.41) is 3.58. The zero-order chi connectivity index (χ0) is 21.9. The van der Waals surface area contributed by atoms with Gasteiger partial charge in [-0.25, -0.2) is 9.59 Å². The first-order valence-electron chi connectivity index (χ1n) is 9.93. The second kappa shape index (κ2) is 9.11. The lowest BCUT2D eigenvalue weighted by molar-refractivity contribution is -0.136. The van der Waals surface area contributed by atoms with Crippen LogP contribution in [0.4, 0.5) is 4.79 Å². The average molecular weight is 402 g/mol. The maximum atomic E-state index is 12.9. The Morgan fingerprint density at radius 3 is 2.38 bits per heavy atom. The van der Waals surface area contributed by atoms with Crippen LogP contribution in [0.25, 0.3) is 11.0 Å². The Balaban J connectivity index is 2.33. The molecule has 29 heavy (non-hydrogen) atoms. The molecule has 0 unspecified atom stereocenters. The van der Waals surface area contributed by atoms with E-state index in [1.165, 1.54) is 6.07 Å². The van der Waals surface area contributed by atoms with Crippen LogP contribution < -0.4 is 15.7 Å². The van der Waals surface area contributed by atoms with Gasteiger partial charge in [0.05, 0.1) is 0 Å². The third-order valence-corrected chi connectivity index (χ3v) is 4.61. The van der Waals surface area contributed by atoms with Crippen molar-refractivity contribution in [3.63, 3.8) is 0 Å². The van der Waals surface area contributed by atoms with Crippen molar-refractivity contribution < 1.29 is 18.7 Å². The van der Waals surface area contributed by atoms with E-state index in [0.29, 0.717) is 23.3 Å². The van der Waals surface area contributed by atoms with Gasteiger partial charge in [-0.15, -0.1) is 0 Å². The lowest BCUT2D eigenvalue weighted by Gasteiger charge is -2.29. The third kappa shape index (κ3) is 4.96. The predicted octanol–water partition coefficient (Wildman–Crippen LogP) is 3.79. The SMILES string of the molecule is CCc1cc(=O)oc2c(C)c(O[C@@H](C)C(=O)N(C(=O)NC(C)C)C(C)C)ccc12. The van der Waals surface area contributed by atoms with Crippen LogP contribution in [0, 0.1) is 6.92 Å². The molecule has 0 radical (unpaired) electrons. The molecule has 2 rings (SSSR count). The number of urea groups is 1. The molecule has 2 aromatic rings. The predicted molar refractivity (Wildman–Crippen MR) is 112 cm³/mol. The number of nitrogens with zero attached hydrogens (tertiary/aromatic N) is 1. The number of carbonyl (C=O) groups excluding carboxylic acids is 2. The van der Waals surface area contributed by atoms with Gasteiger partial charge in [0.25, 0.3) is 5.91 Å². The monoisotopic (exact) mass is 402 g/mol. The highest BCUT2D eigenvalue weighted by Crippen LogP contribution is 2.29. The standard InChI is InChI=1S/C22H30N2O5/c1-8-16-11-19(25)29-20-14(6)18(10-9-17(16)20)28-15(7)21(26)24(13(4)5)22(27)23-12(2)3/h9-13,15H,8H2,1-7H3,(H,23,27)/t15-/m0/s1. The lowest BCUT2D eigenvalue weighted by atomic mass is 10.0. The van der Waals surface area contributed by atoms with Crippen LogP contribution in [0.5, 0.6) is 5.75 Å². The number of rotatable bonds is 6. The number of amides is 3. The lowest BCUT2D eigenvalue weighted by Crippen LogP contribution is -2.53. The van der Waals surface area contributed by atoms with Gasteiger partial charge in [-0.3, -0.25) is 9.69 Å². The molecule has 0 aliphatic carbocycles. The highest BCUT2D eigenvalue weighted by Gasteiger charge is 2.30. The van der Waals surface area contributed by atoms with Crippen LogP contribution in [0.15, 0.2) is 27.4 Å². The van der Waals surface area contributed by atoms with Gasteiger partial charge in [-0.1, -0.05) is 6.92 Å². The Labute approximate surface area is 171 Å². The molecule has 0 aliphatic heterocycles. The molecule has 7 heteroatoms. The van der Waals surface area contributed by atoms with E-state index in [4.69, 9.17) is 9.15 Å². The maximum Gasteiger partial charge on any atom is 0.336 e. The molecule has 1 aromatic carbocycles. The molecular weight excluding hydrogens is 372 g/mol. The number of fused-ring (bicyclic) bond motifs is 1. The Morgan fingerprint density at radius 2 is 1.83 bits per heavy atom. The van der Waals surface area contributed by atoms with Crippen molar-refractivity contribution >= 4 is 22.9 Å². The summed E-state index contributed by atoms with van der Waals surface area (Å²) >= 11 is 0. The van der Waals surface area contributed by atoms with E-state index in [2.05, 4.69) is 5.32 Å². The normalized spacial score (nSPS) is 12.3. The van der Waals surface area contributed by atoms with Crippen molar-refractivity contribution in [1.82, 2.24) is 10.2 Å². The minimum absolute atomic E-state index is 0.0915. The Hall–Kier alpha value is -2.83. The van der Waals surface area contributed by atoms with Crippen molar-refractivity contribution in [2.24, 2.45) is 0 Å². The first kappa shape index (κ1) is 22.5. The van der Waals surface area contributed by atoms with Crippen molar-refractivity contribution in [1.29, 1.82) is 0 Å². The summed E-state index contributed by atoms with van der Waals surface area (Å²) in [5.41, 5.74) is 1.56. The van der Waals surface area contributed by atoms with Crippen LogP contribution in [0.2, 0.25) is 0 Å². The van der Waals surface area contributed by atoms with Crippen LogP contribution >= 0.6 is 0 Å². The fraction of sp³-hybridized carbons (Fsp3) is 0.500. The van der Waals surface area contributed by atoms with Crippen LogP contribution in [0.3, 0.4) is 0 Å². The number of hydrogen-bond donors (Lipinski definition) is 1. The summed E-state index contributed by atoms with van der Waals surface area (Å²) in [6.07, 6.45) is -0.196. The van der Waals surface area contributed by atoms with Gasteiger partial charge < -0.3 is 14.5 Å². The smallest absolute Gasteiger partial charge is 0.336 e. The van der Waals surface area contributed by atoms with Crippen LogP contribution in [0.1, 0.15) is 52.7 Å². The molecule has 1 N–H and O–H groups in total. The maximum absolute atomic E-state index is 12.9. The van der Waals surface area contributed by atoms with E-state index in [1.807, 2.05) is 26.8 Å². The summed E-state index contributed by atoms with van der Waals surface area (Å²) in [6.45, 7) is 12.6. The highest BCUT2D eigenvalue weighted by molar-refractivity contribution is 5.97. The summed E-state index contributed by atoms with van der Waals surface area (Å²) in [4.78, 5) is 38.4. The molecule has 0 bridgehead atoms. The topological polar surface area (TPSA) is 88.8 Å². The number of hydrogen-bond acceptors (Lipinski definition) is 5. The number of imide groups is 1. The largest absolute Gasteiger partial charge is 0.480 e. The van der Waals surface area contributed by atoms with Gasteiger partial charge in [0.2, 0.25) is 0 Å². The molecule has 0 saturated heterocycles. The van der Waals surface area contributed by atoms with Crippen molar-refractivity contribution in [2.45, 2.75) is 73.1 Å². The van der Waals surface area contributed by atoms with Gasteiger partial charge in [0, 0.05) is 29.1 Å². The zero-order valence-corrected chi connectivity index (χ0v) is 18.2. The zero-order valence-electron chi connectivity index (χ0n) is 18.2. The minimum atomic E-state index is -0.896. The molecule has 1 atom stereocenters. The Kier molecular flexibility index (Phi) is 7.06. The molecule has 0 spiro atoms. The van der Waals surface area contributed by atoms with Gasteiger partial charge >= 0.3 is 11.7 Å². The highest BCUT2D eigenvalue weighted by atomic mass is 16.5. The van der Waals surface area contributed by atoms with Crippen LogP contribution in [-0.2, 0) is 11.2 Å². The third-order valence-electron chi connectivity index (χ3n) is 4.61. The van der Waals surface area contributed by atoms with E-state index in [0.717, 1.165) is 15.8 Å². The molecule has 0 fully saturated rings. The van der Waals surface area contributed by atoms with E-state index in [-0.39, 0.29) is 12.1 Å². The van der Waals surface area contributed by atoms with Gasteiger partial charge in [-0.05, 0) is 65.7 Å². The van der Waals surface area contributed by atoms with E-state index in [1.54, 1.807) is 33.8 Å². The van der Waals surface area contributed by atoms with Gasteiger partial charge in [-0.2, -0.15) is 0 Å². The Morgan fingerprint density at radius 1 is 1.17 bits per heavy atom. The molecule has 0 aliphatic rings. The second-order valence-corrected chi connectivity index (χ2v) is 7.68. The van der Waals surface area contributed by atoms with Gasteiger partial charge in [0.1, 0.15) is 11.3 Å². The van der Waals surface area contributed by atoms with Crippen LogP contribution in [-0.4, -0.2) is 35.0 Å². The molecule has 158 valence electrons. The number of nitrogens with one attached hydrogen (secondary N) is 1. The Bertz CT molecular complexity index is 962. The number of carbonyl (C=O) groups is 2. The fourth-order valence-electron chi connectivity index (χ4n) is 3.17. The number of benzene rings is 1. The molecule has 1 aromatic heterocycles. The quantitative estimate of drug-likeness (QED) is 0.743. The fourth-order valence-corrected chi connectivity index (χ4v) is 3.17. The summed E-state index contributed by atoms with van der Waals surface area (Å²) in [7, 11) is 0. The van der Waals surface area contributed by atoms with E-state index >= 15 is 0 Å². The molecule has 7 nitrogen and oxygen atoms in total. The molecule has 0 saturated carbocycles. The molecular formula is C22H30N2O5. The number of ether oxygens (including phenoxy) is 1.